The smallest absolute Gasteiger partial charge is 0.344 e. The van der Waals surface area contributed by atoms with Gasteiger partial charge in [0.05, 0.1) is 23.8 Å². The summed E-state index contributed by atoms with van der Waals surface area (Å²) in [4.78, 5) is 74.4. The molecule has 0 N–H and O–H groups in total. The normalized spacial score (nSPS) is 11.5. The molecule has 0 amide bonds. The van der Waals surface area contributed by atoms with Gasteiger partial charge in [0, 0.05) is 42.2 Å². The van der Waals surface area contributed by atoms with Gasteiger partial charge in [0.2, 0.25) is 20.4 Å². The van der Waals surface area contributed by atoms with E-state index in [0.29, 0.717) is 35.7 Å². The Morgan fingerprint density at radius 3 is 1.67 bits per heavy atom. The molecular formula is C47H40O16. The zero-order valence-corrected chi connectivity index (χ0v) is 34.1. The van der Waals surface area contributed by atoms with Gasteiger partial charge >= 0.3 is 35.8 Å². The summed E-state index contributed by atoms with van der Waals surface area (Å²) in [6.07, 6.45) is 6.84. The molecule has 1 aliphatic rings. The van der Waals surface area contributed by atoms with Crippen LogP contribution >= 0.6 is 0 Å². The molecule has 0 spiro atoms. The van der Waals surface area contributed by atoms with Crippen LogP contribution in [0, 0.1) is 6.92 Å². The van der Waals surface area contributed by atoms with Gasteiger partial charge < -0.3 is 47.4 Å². The molecule has 5 rings (SSSR count). The Hall–Kier alpha value is -8.40. The summed E-state index contributed by atoms with van der Waals surface area (Å²) in [5.74, 6) is -2.19. The third kappa shape index (κ3) is 13.0. The first kappa shape index (κ1) is 45.7. The van der Waals surface area contributed by atoms with Crippen molar-refractivity contribution in [3.05, 3.63) is 163 Å². The van der Waals surface area contributed by atoms with Crippen LogP contribution in [0.5, 0.6) is 28.7 Å². The van der Waals surface area contributed by atoms with Crippen molar-refractivity contribution < 1.29 is 76.1 Å². The van der Waals surface area contributed by atoms with Gasteiger partial charge in [0.1, 0.15) is 40.3 Å². The van der Waals surface area contributed by atoms with Crippen molar-refractivity contribution in [1.82, 2.24) is 0 Å². The number of hydrogen-bond acceptors (Lipinski definition) is 16. The molecule has 0 radical (unpaired) electrons. The number of ether oxygens (including phenoxy) is 10. The van der Waals surface area contributed by atoms with Crippen molar-refractivity contribution in [3.63, 3.8) is 0 Å². The molecule has 0 saturated carbocycles. The predicted molar refractivity (Wildman–Crippen MR) is 223 cm³/mol. The quantitative estimate of drug-likeness (QED) is 0.0276. The molecule has 1 aliphatic carbocycles. The van der Waals surface area contributed by atoms with E-state index in [1.54, 1.807) is 19.1 Å². The lowest BCUT2D eigenvalue weighted by Gasteiger charge is -2.17. The molecule has 0 saturated heterocycles. The Labute approximate surface area is 361 Å². The van der Waals surface area contributed by atoms with Crippen LogP contribution in [-0.2, 0) is 38.1 Å². The van der Waals surface area contributed by atoms with Crippen molar-refractivity contribution in [1.29, 1.82) is 0 Å². The van der Waals surface area contributed by atoms with Crippen molar-refractivity contribution >= 4 is 35.8 Å². The van der Waals surface area contributed by atoms with E-state index < -0.39 is 42.6 Å². The molecule has 0 atom stereocenters. The van der Waals surface area contributed by atoms with E-state index in [1.807, 2.05) is 0 Å². The predicted octanol–water partition coefficient (Wildman–Crippen LogP) is 7.66. The second-order valence-corrected chi connectivity index (χ2v) is 12.8. The minimum atomic E-state index is -0.810. The molecule has 0 fully saturated rings. The average molecular weight is 861 g/mol. The van der Waals surface area contributed by atoms with Gasteiger partial charge in [-0.25, -0.2) is 28.8 Å². The highest BCUT2D eigenvalue weighted by Crippen LogP contribution is 2.37. The van der Waals surface area contributed by atoms with Gasteiger partial charge in [0.15, 0.2) is 0 Å². The van der Waals surface area contributed by atoms with Gasteiger partial charge in [-0.15, -0.1) is 0 Å². The van der Waals surface area contributed by atoms with Crippen LogP contribution in [-0.4, -0.2) is 63.3 Å². The van der Waals surface area contributed by atoms with Crippen LogP contribution in [0.3, 0.4) is 0 Å². The Bertz CT molecular complexity index is 2480. The fraction of sp³-hybridized carbons (Fsp3) is 0.149. The number of rotatable bonds is 20. The van der Waals surface area contributed by atoms with Crippen LogP contribution in [0.25, 0.3) is 11.1 Å². The average Bonchev–Trinajstić information content (AvgIpc) is 3.30. The minimum absolute atomic E-state index is 0.0295. The van der Waals surface area contributed by atoms with E-state index in [2.05, 4.69) is 19.7 Å². The highest BCUT2D eigenvalue weighted by Gasteiger charge is 2.23. The van der Waals surface area contributed by atoms with Crippen molar-refractivity contribution in [2.24, 2.45) is 0 Å². The Morgan fingerprint density at radius 2 is 1.06 bits per heavy atom. The van der Waals surface area contributed by atoms with E-state index in [0.717, 1.165) is 18.2 Å². The highest BCUT2D eigenvalue weighted by molar-refractivity contribution is 6.01. The van der Waals surface area contributed by atoms with E-state index in [1.165, 1.54) is 86.0 Å². The molecule has 4 aromatic rings. The number of methoxy groups -OCH3 is 1. The summed E-state index contributed by atoms with van der Waals surface area (Å²) >= 11 is 0. The second kappa shape index (κ2) is 22.3. The molecule has 324 valence electrons. The first-order chi connectivity index (χ1) is 30.4. The zero-order chi connectivity index (χ0) is 45.3. The van der Waals surface area contributed by atoms with Gasteiger partial charge in [-0.05, 0) is 104 Å². The van der Waals surface area contributed by atoms with Crippen molar-refractivity contribution in [2.45, 2.75) is 19.8 Å². The third-order valence-corrected chi connectivity index (χ3v) is 8.68. The third-order valence-electron chi connectivity index (χ3n) is 8.68. The van der Waals surface area contributed by atoms with Crippen molar-refractivity contribution in [3.8, 4) is 39.9 Å². The largest absolute Gasteiger partial charge is 0.496 e. The van der Waals surface area contributed by atoms with E-state index >= 15 is 0 Å². The summed E-state index contributed by atoms with van der Waals surface area (Å²) in [6, 6.07) is 19.3. The molecular weight excluding hydrogens is 821 g/mol. The summed E-state index contributed by atoms with van der Waals surface area (Å²) in [7, 11) is 1.41. The van der Waals surface area contributed by atoms with E-state index in [4.69, 9.17) is 47.4 Å². The zero-order valence-electron chi connectivity index (χ0n) is 34.1. The second-order valence-electron chi connectivity index (χ2n) is 12.8. The lowest BCUT2D eigenvalue weighted by Crippen LogP contribution is -2.13. The molecule has 4 aromatic carbocycles. The Morgan fingerprint density at radius 1 is 0.524 bits per heavy atom. The maximum atomic E-state index is 14.0. The van der Waals surface area contributed by atoms with Crippen LogP contribution in [0.1, 0.15) is 49.5 Å². The molecule has 0 unspecified atom stereocenters. The Kier molecular flexibility index (Phi) is 16.1. The number of benzene rings is 4. The molecule has 0 aromatic heterocycles. The van der Waals surface area contributed by atoms with Gasteiger partial charge in [-0.3, -0.25) is 0 Å². The molecule has 16 nitrogen and oxygen atoms in total. The van der Waals surface area contributed by atoms with Crippen LogP contribution in [0.15, 0.2) is 140 Å². The fourth-order valence-corrected chi connectivity index (χ4v) is 5.50. The number of allylic oxidation sites excluding steroid dienone is 4. The van der Waals surface area contributed by atoms with Gasteiger partial charge in [-0.2, -0.15) is 0 Å². The molecule has 0 heterocycles. The maximum Gasteiger partial charge on any atom is 0.344 e. The summed E-state index contributed by atoms with van der Waals surface area (Å²) in [5, 5.41) is 0. The van der Waals surface area contributed by atoms with Crippen LogP contribution in [0.2, 0.25) is 0 Å². The highest BCUT2D eigenvalue weighted by atomic mass is 16.7. The fourth-order valence-electron chi connectivity index (χ4n) is 5.50. The minimum Gasteiger partial charge on any atom is -0.496 e. The number of aryl methyl sites for hydroxylation is 1. The van der Waals surface area contributed by atoms with Crippen LogP contribution < -0.4 is 23.7 Å². The lowest BCUT2D eigenvalue weighted by molar-refractivity contribution is -0.147. The maximum absolute atomic E-state index is 14.0. The number of esters is 6. The van der Waals surface area contributed by atoms with Crippen LogP contribution in [0.4, 0.5) is 0 Å². The Balaban J connectivity index is 1.34. The van der Waals surface area contributed by atoms with E-state index in [-0.39, 0.29) is 64.4 Å². The monoisotopic (exact) mass is 860 g/mol. The first-order valence-electron chi connectivity index (χ1n) is 18.8. The number of carbonyl (C=O) groups is 6. The molecule has 0 bridgehead atoms. The van der Waals surface area contributed by atoms with Crippen molar-refractivity contribution in [2.75, 3.05) is 27.5 Å². The number of hydrogen-bond donors (Lipinski definition) is 0. The van der Waals surface area contributed by atoms with Gasteiger partial charge in [-0.1, -0.05) is 19.7 Å². The SMILES string of the molecule is C=CC(=O)OCOC1=CC=C(OC(=O)c2ccc(OC)c(-c3cc(OCOC(=O)C=C)ccc3C(=O)Oc3ccc(OC(=O)c4ccc(OCOC(=O)C=C)cc4)cc3C)c2)CC1. The first-order valence-corrected chi connectivity index (χ1v) is 18.8. The topological polar surface area (TPSA) is 195 Å². The molecule has 63 heavy (non-hydrogen) atoms. The summed E-state index contributed by atoms with van der Waals surface area (Å²) in [5.41, 5.74) is 1.29. The lowest BCUT2D eigenvalue weighted by atomic mass is 9.96. The van der Waals surface area contributed by atoms with Gasteiger partial charge in [0.25, 0.3) is 0 Å². The van der Waals surface area contributed by atoms with E-state index in [9.17, 15) is 28.8 Å². The summed E-state index contributed by atoms with van der Waals surface area (Å²) < 4.78 is 53.6. The standard InChI is InChI=1S/C47H40O16/c1-6-42(48)58-26-55-32-12-9-30(10-13-32)45(51)62-36-19-22-40(29(4)23-36)63-47(53)37-20-18-35(57-28-60-44(50)8-3)25-38(37)39-24-31(11-21-41(39)54-5)46(52)61-34-16-14-33(15-17-34)56-27-59-43(49)7-2/h6-14,16,18-25H,1-3,15,17,26-28H2,4-5H3. The summed E-state index contributed by atoms with van der Waals surface area (Å²) in [6.45, 7) is 10.5. The number of carbonyl (C=O) groups excluding carboxylic acids is 6. The molecule has 0 aliphatic heterocycles. The molecule has 16 heteroatoms.